The van der Waals surface area contributed by atoms with E-state index in [0.717, 1.165) is 0 Å². The van der Waals surface area contributed by atoms with Crippen LogP contribution in [0.25, 0.3) is 0 Å². The van der Waals surface area contributed by atoms with Gasteiger partial charge in [0.15, 0.2) is 0 Å². The molecule has 0 aliphatic carbocycles. The van der Waals surface area contributed by atoms with Crippen molar-refractivity contribution in [3.8, 4) is 0 Å². The number of nitrogens with zero attached hydrogens (tertiary/aromatic N) is 1. The van der Waals surface area contributed by atoms with E-state index in [0.29, 0.717) is 6.54 Å². The monoisotopic (exact) mass is 208 g/mol. The van der Waals surface area contributed by atoms with Gasteiger partial charge in [-0.1, -0.05) is 0 Å². The van der Waals surface area contributed by atoms with Gasteiger partial charge < -0.3 is 10.5 Å². The van der Waals surface area contributed by atoms with Gasteiger partial charge in [0.25, 0.3) is 5.92 Å². The molecular formula is C8H14F2N2O2. The first-order valence-corrected chi connectivity index (χ1v) is 4.41. The molecule has 1 aliphatic heterocycles. The van der Waals surface area contributed by atoms with Crippen molar-refractivity contribution in [3.63, 3.8) is 0 Å². The molecular weight excluding hydrogens is 194 g/mol. The summed E-state index contributed by atoms with van der Waals surface area (Å²) in [5.41, 5.74) is 5.04. The summed E-state index contributed by atoms with van der Waals surface area (Å²) >= 11 is 0. The summed E-state index contributed by atoms with van der Waals surface area (Å²) in [7, 11) is 0. The summed E-state index contributed by atoms with van der Waals surface area (Å²) < 4.78 is 30.8. The molecule has 1 aliphatic rings. The van der Waals surface area contributed by atoms with Crippen molar-refractivity contribution in [2.24, 2.45) is 5.73 Å². The number of amides is 1. The third-order valence-corrected chi connectivity index (χ3v) is 2.23. The van der Waals surface area contributed by atoms with Gasteiger partial charge in [-0.25, -0.2) is 8.78 Å². The second kappa shape index (κ2) is 4.18. The number of ether oxygens (including phenoxy) is 1. The zero-order chi connectivity index (χ0) is 10.8. The lowest BCUT2D eigenvalue weighted by Crippen LogP contribution is -2.47. The van der Waals surface area contributed by atoms with E-state index in [4.69, 9.17) is 10.5 Å². The third-order valence-electron chi connectivity index (χ3n) is 2.23. The Morgan fingerprint density at radius 3 is 2.86 bits per heavy atom. The SMILES string of the molecule is CC(C(N)=O)N1CCOCC(F)(F)C1. The van der Waals surface area contributed by atoms with Gasteiger partial charge in [-0.2, -0.15) is 0 Å². The molecule has 1 atom stereocenters. The van der Waals surface area contributed by atoms with E-state index in [1.165, 1.54) is 11.8 Å². The number of carbonyl (C=O) groups excluding carboxylic acids is 1. The van der Waals surface area contributed by atoms with Gasteiger partial charge in [-0.15, -0.1) is 0 Å². The van der Waals surface area contributed by atoms with E-state index in [2.05, 4.69) is 0 Å². The minimum Gasteiger partial charge on any atom is -0.374 e. The van der Waals surface area contributed by atoms with Gasteiger partial charge in [-0.05, 0) is 6.92 Å². The number of hydrogen-bond acceptors (Lipinski definition) is 3. The molecule has 0 saturated carbocycles. The number of alkyl halides is 2. The van der Waals surface area contributed by atoms with Crippen LogP contribution in [0.3, 0.4) is 0 Å². The molecule has 1 rings (SSSR count). The average molecular weight is 208 g/mol. The van der Waals surface area contributed by atoms with Crippen LogP contribution in [-0.2, 0) is 9.53 Å². The highest BCUT2D eigenvalue weighted by Crippen LogP contribution is 2.19. The number of halogens is 2. The van der Waals surface area contributed by atoms with Crippen molar-refractivity contribution < 1.29 is 18.3 Å². The van der Waals surface area contributed by atoms with Crippen LogP contribution >= 0.6 is 0 Å². The van der Waals surface area contributed by atoms with Crippen LogP contribution in [0, 0.1) is 0 Å². The normalized spacial score (nSPS) is 25.4. The molecule has 6 heteroatoms. The maximum atomic E-state index is 13.0. The van der Waals surface area contributed by atoms with E-state index >= 15 is 0 Å². The van der Waals surface area contributed by atoms with Crippen molar-refractivity contribution in [1.29, 1.82) is 0 Å². The second-order valence-corrected chi connectivity index (χ2v) is 3.46. The van der Waals surface area contributed by atoms with Crippen molar-refractivity contribution >= 4 is 5.91 Å². The molecule has 82 valence electrons. The zero-order valence-electron chi connectivity index (χ0n) is 8.00. The van der Waals surface area contributed by atoms with Crippen LogP contribution in [-0.4, -0.2) is 49.1 Å². The first kappa shape index (κ1) is 11.3. The highest BCUT2D eigenvalue weighted by Gasteiger charge is 2.36. The zero-order valence-corrected chi connectivity index (χ0v) is 8.00. The Labute approximate surface area is 81.0 Å². The maximum absolute atomic E-state index is 13.0. The van der Waals surface area contributed by atoms with Gasteiger partial charge in [0, 0.05) is 6.54 Å². The van der Waals surface area contributed by atoms with E-state index in [1.54, 1.807) is 0 Å². The molecule has 0 bridgehead atoms. The highest BCUT2D eigenvalue weighted by atomic mass is 19.3. The molecule has 2 N–H and O–H groups in total. The van der Waals surface area contributed by atoms with Crippen molar-refractivity contribution in [2.75, 3.05) is 26.3 Å². The van der Waals surface area contributed by atoms with E-state index in [1.807, 2.05) is 0 Å². The maximum Gasteiger partial charge on any atom is 0.283 e. The topological polar surface area (TPSA) is 55.6 Å². The molecule has 4 nitrogen and oxygen atoms in total. The molecule has 1 heterocycles. The Balaban J connectivity index is 2.64. The molecule has 0 aromatic carbocycles. The Kier molecular flexibility index (Phi) is 3.38. The van der Waals surface area contributed by atoms with Gasteiger partial charge >= 0.3 is 0 Å². The Morgan fingerprint density at radius 2 is 2.29 bits per heavy atom. The molecule has 0 radical (unpaired) electrons. The van der Waals surface area contributed by atoms with Crippen LogP contribution in [0.4, 0.5) is 8.78 Å². The quantitative estimate of drug-likeness (QED) is 0.685. The Hall–Kier alpha value is -0.750. The highest BCUT2D eigenvalue weighted by molar-refractivity contribution is 5.79. The van der Waals surface area contributed by atoms with Gasteiger partial charge in [-0.3, -0.25) is 9.69 Å². The summed E-state index contributed by atoms with van der Waals surface area (Å²) in [5, 5.41) is 0. The lowest BCUT2D eigenvalue weighted by molar-refractivity contribution is -0.124. The summed E-state index contributed by atoms with van der Waals surface area (Å²) in [6.07, 6.45) is 0. The van der Waals surface area contributed by atoms with Gasteiger partial charge in [0.05, 0.1) is 19.2 Å². The van der Waals surface area contributed by atoms with Crippen molar-refractivity contribution in [3.05, 3.63) is 0 Å². The molecule has 1 fully saturated rings. The number of nitrogens with two attached hydrogens (primary N) is 1. The predicted octanol–water partition coefficient (Wildman–Crippen LogP) is -0.172. The molecule has 1 amide bonds. The number of primary amides is 1. The molecule has 0 spiro atoms. The minimum atomic E-state index is -2.90. The summed E-state index contributed by atoms with van der Waals surface area (Å²) in [6.45, 7) is 0.961. The standard InChI is InChI=1S/C8H14F2N2O2/c1-6(7(11)13)12-2-3-14-5-8(9,10)4-12/h6H,2-5H2,1H3,(H2,11,13). The smallest absolute Gasteiger partial charge is 0.283 e. The van der Waals surface area contributed by atoms with Crippen LogP contribution in [0.5, 0.6) is 0 Å². The number of hydrogen-bond donors (Lipinski definition) is 1. The molecule has 14 heavy (non-hydrogen) atoms. The number of rotatable bonds is 2. The fourth-order valence-electron chi connectivity index (χ4n) is 1.34. The van der Waals surface area contributed by atoms with Crippen molar-refractivity contribution in [2.45, 2.75) is 18.9 Å². The Bertz CT molecular complexity index is 223. The van der Waals surface area contributed by atoms with Gasteiger partial charge in [0.1, 0.15) is 6.61 Å². The molecule has 1 saturated heterocycles. The first-order valence-electron chi connectivity index (χ1n) is 4.41. The lowest BCUT2D eigenvalue weighted by atomic mass is 10.2. The van der Waals surface area contributed by atoms with E-state index in [-0.39, 0.29) is 6.61 Å². The van der Waals surface area contributed by atoms with Crippen molar-refractivity contribution in [1.82, 2.24) is 4.90 Å². The predicted molar refractivity (Wildman–Crippen MR) is 46.0 cm³/mol. The second-order valence-electron chi connectivity index (χ2n) is 3.46. The van der Waals surface area contributed by atoms with Crippen LogP contribution in [0.1, 0.15) is 6.92 Å². The number of carbonyl (C=O) groups is 1. The minimum absolute atomic E-state index is 0.202. The summed E-state index contributed by atoms with van der Waals surface area (Å²) in [4.78, 5) is 12.2. The van der Waals surface area contributed by atoms with Crippen LogP contribution < -0.4 is 5.73 Å². The molecule has 0 aromatic heterocycles. The van der Waals surface area contributed by atoms with E-state index < -0.39 is 31.0 Å². The van der Waals surface area contributed by atoms with E-state index in [9.17, 15) is 13.6 Å². The largest absolute Gasteiger partial charge is 0.374 e. The van der Waals surface area contributed by atoms with Crippen LogP contribution in [0.15, 0.2) is 0 Å². The van der Waals surface area contributed by atoms with Crippen LogP contribution in [0.2, 0.25) is 0 Å². The average Bonchev–Trinajstić information content (AvgIpc) is 2.24. The Morgan fingerprint density at radius 1 is 1.64 bits per heavy atom. The third kappa shape index (κ3) is 2.88. The fourth-order valence-corrected chi connectivity index (χ4v) is 1.34. The van der Waals surface area contributed by atoms with Gasteiger partial charge in [0.2, 0.25) is 5.91 Å². The first-order chi connectivity index (χ1) is 6.42. The summed E-state index contributed by atoms with van der Waals surface area (Å²) in [5.74, 6) is -3.50. The molecule has 0 aromatic rings. The lowest BCUT2D eigenvalue weighted by Gasteiger charge is -2.26. The molecule has 1 unspecified atom stereocenters. The fraction of sp³-hybridized carbons (Fsp3) is 0.875. The summed E-state index contributed by atoms with van der Waals surface area (Å²) in [6, 6.07) is -0.678.